The number of aliphatic hydroxyl groups is 1. The molecule has 1 atom stereocenters. The van der Waals surface area contributed by atoms with Crippen LogP contribution in [-0.4, -0.2) is 11.7 Å². The molecule has 0 heterocycles. The van der Waals surface area contributed by atoms with Gasteiger partial charge in [0, 0.05) is 12.5 Å². The zero-order valence-corrected chi connectivity index (χ0v) is 7.61. The van der Waals surface area contributed by atoms with Gasteiger partial charge in [-0.2, -0.15) is 0 Å². The quantitative estimate of drug-likeness (QED) is 0.690. The van der Waals surface area contributed by atoms with Gasteiger partial charge in [0.15, 0.2) is 0 Å². The van der Waals surface area contributed by atoms with Crippen LogP contribution in [-0.2, 0) is 6.42 Å². The molecule has 2 nitrogen and oxygen atoms in total. The molecule has 0 spiro atoms. The Balaban J connectivity index is 2.62. The minimum atomic E-state index is -0.0256. The molecule has 13 heavy (non-hydrogen) atoms. The van der Waals surface area contributed by atoms with E-state index in [0.717, 1.165) is 6.42 Å². The summed E-state index contributed by atoms with van der Waals surface area (Å²) in [7, 11) is 0. The Bertz CT molecular complexity index is 269. The fraction of sp³-hybridized carbons (Fsp3) is 0.273. The second-order valence-corrected chi connectivity index (χ2v) is 3.11. The first-order valence-electron chi connectivity index (χ1n) is 4.35. The van der Waals surface area contributed by atoms with Gasteiger partial charge >= 0.3 is 0 Å². The number of rotatable bonds is 4. The molecule has 0 fully saturated rings. The summed E-state index contributed by atoms with van der Waals surface area (Å²) in [6.07, 6.45) is 0.757. The van der Waals surface area contributed by atoms with Gasteiger partial charge in [-0.1, -0.05) is 36.9 Å². The highest BCUT2D eigenvalue weighted by Crippen LogP contribution is 2.12. The molecule has 0 aliphatic carbocycles. The lowest BCUT2D eigenvalue weighted by molar-refractivity contribution is 0.333. The van der Waals surface area contributed by atoms with Crippen LogP contribution in [0.15, 0.2) is 42.7 Å². The van der Waals surface area contributed by atoms with Crippen molar-refractivity contribution in [3.05, 3.63) is 48.2 Å². The van der Waals surface area contributed by atoms with Crippen LogP contribution in [0.4, 0.5) is 0 Å². The fourth-order valence-electron chi connectivity index (χ4n) is 1.24. The Hall–Kier alpha value is -1.28. The van der Waals surface area contributed by atoms with E-state index in [1.807, 2.05) is 30.3 Å². The van der Waals surface area contributed by atoms with Crippen molar-refractivity contribution in [2.24, 2.45) is 11.7 Å². The Morgan fingerprint density at radius 1 is 1.38 bits per heavy atom. The van der Waals surface area contributed by atoms with E-state index in [4.69, 9.17) is 5.73 Å². The summed E-state index contributed by atoms with van der Waals surface area (Å²) in [5.74, 6) is 0.147. The predicted molar refractivity (Wildman–Crippen MR) is 54.5 cm³/mol. The van der Waals surface area contributed by atoms with Crippen LogP contribution >= 0.6 is 0 Å². The molecule has 0 aliphatic heterocycles. The molecule has 1 rings (SSSR count). The highest BCUT2D eigenvalue weighted by Gasteiger charge is 2.09. The van der Waals surface area contributed by atoms with Crippen LogP contribution in [0.1, 0.15) is 5.56 Å². The molecule has 0 saturated heterocycles. The van der Waals surface area contributed by atoms with Crippen molar-refractivity contribution in [2.75, 3.05) is 6.54 Å². The molecule has 3 N–H and O–H groups in total. The molecule has 0 saturated carbocycles. The van der Waals surface area contributed by atoms with Crippen molar-refractivity contribution >= 4 is 0 Å². The standard InChI is InChI=1S/C11H15NO/c1-9(13)11(8-12)7-10-5-3-2-4-6-10/h2-6,11,13H,1,7-8,12H2. The van der Waals surface area contributed by atoms with Gasteiger partial charge in [0.2, 0.25) is 0 Å². The van der Waals surface area contributed by atoms with Crippen LogP contribution in [0.3, 0.4) is 0 Å². The topological polar surface area (TPSA) is 46.2 Å². The van der Waals surface area contributed by atoms with E-state index in [2.05, 4.69) is 6.58 Å². The third kappa shape index (κ3) is 2.92. The van der Waals surface area contributed by atoms with Crippen molar-refractivity contribution in [1.82, 2.24) is 0 Å². The van der Waals surface area contributed by atoms with Gasteiger partial charge in [-0.25, -0.2) is 0 Å². The van der Waals surface area contributed by atoms with Gasteiger partial charge in [0.05, 0.1) is 5.76 Å². The van der Waals surface area contributed by atoms with Crippen molar-refractivity contribution in [3.63, 3.8) is 0 Å². The molecule has 1 aromatic carbocycles. The Morgan fingerprint density at radius 2 is 2.00 bits per heavy atom. The number of hydrogen-bond acceptors (Lipinski definition) is 2. The normalized spacial score (nSPS) is 12.4. The summed E-state index contributed by atoms with van der Waals surface area (Å²) in [6, 6.07) is 9.96. The van der Waals surface area contributed by atoms with Crippen LogP contribution in [0.2, 0.25) is 0 Å². The van der Waals surface area contributed by atoms with Gasteiger partial charge in [-0.05, 0) is 12.0 Å². The Morgan fingerprint density at radius 3 is 2.46 bits per heavy atom. The largest absolute Gasteiger partial charge is 0.513 e. The molecule has 1 aromatic rings. The van der Waals surface area contributed by atoms with Crippen LogP contribution in [0.5, 0.6) is 0 Å². The zero-order chi connectivity index (χ0) is 9.68. The Labute approximate surface area is 78.7 Å². The number of nitrogens with two attached hydrogens (primary N) is 1. The minimum absolute atomic E-state index is 0.0256. The lowest BCUT2D eigenvalue weighted by atomic mass is 9.98. The molecule has 0 aliphatic rings. The van der Waals surface area contributed by atoms with Gasteiger partial charge < -0.3 is 10.8 Å². The van der Waals surface area contributed by atoms with E-state index < -0.39 is 0 Å². The summed E-state index contributed by atoms with van der Waals surface area (Å²) in [5, 5.41) is 9.20. The highest BCUT2D eigenvalue weighted by molar-refractivity contribution is 5.16. The van der Waals surface area contributed by atoms with Gasteiger partial charge in [-0.3, -0.25) is 0 Å². The summed E-state index contributed by atoms with van der Waals surface area (Å²) in [5.41, 5.74) is 6.67. The van der Waals surface area contributed by atoms with Crippen LogP contribution in [0, 0.1) is 5.92 Å². The summed E-state index contributed by atoms with van der Waals surface area (Å²) < 4.78 is 0. The van der Waals surface area contributed by atoms with E-state index in [1.54, 1.807) is 0 Å². The lowest BCUT2D eigenvalue weighted by Gasteiger charge is -2.12. The van der Waals surface area contributed by atoms with Gasteiger partial charge in [-0.15, -0.1) is 0 Å². The molecule has 1 unspecified atom stereocenters. The molecule has 0 aromatic heterocycles. The third-order valence-electron chi connectivity index (χ3n) is 2.08. The van der Waals surface area contributed by atoms with E-state index in [1.165, 1.54) is 5.56 Å². The lowest BCUT2D eigenvalue weighted by Crippen LogP contribution is -2.18. The average molecular weight is 177 g/mol. The van der Waals surface area contributed by atoms with Crippen molar-refractivity contribution in [2.45, 2.75) is 6.42 Å². The Kier molecular flexibility index (Phi) is 3.53. The summed E-state index contributed by atoms with van der Waals surface area (Å²) >= 11 is 0. The maximum absolute atomic E-state index is 9.20. The molecular weight excluding hydrogens is 162 g/mol. The summed E-state index contributed by atoms with van der Waals surface area (Å²) in [4.78, 5) is 0. The van der Waals surface area contributed by atoms with E-state index in [0.29, 0.717) is 6.54 Å². The van der Waals surface area contributed by atoms with Crippen molar-refractivity contribution in [3.8, 4) is 0 Å². The minimum Gasteiger partial charge on any atom is -0.513 e. The van der Waals surface area contributed by atoms with Crippen molar-refractivity contribution < 1.29 is 5.11 Å². The van der Waals surface area contributed by atoms with Crippen LogP contribution < -0.4 is 5.73 Å². The van der Waals surface area contributed by atoms with Crippen molar-refractivity contribution in [1.29, 1.82) is 0 Å². The molecule has 0 bridgehead atoms. The monoisotopic (exact) mass is 177 g/mol. The summed E-state index contributed by atoms with van der Waals surface area (Å²) in [6.45, 7) is 3.93. The molecule has 70 valence electrons. The highest BCUT2D eigenvalue weighted by atomic mass is 16.3. The zero-order valence-electron chi connectivity index (χ0n) is 7.61. The van der Waals surface area contributed by atoms with Crippen LogP contribution in [0.25, 0.3) is 0 Å². The number of aliphatic hydroxyl groups excluding tert-OH is 1. The van der Waals surface area contributed by atoms with E-state index >= 15 is 0 Å². The smallest absolute Gasteiger partial charge is 0.0897 e. The fourth-order valence-corrected chi connectivity index (χ4v) is 1.24. The molecule has 0 radical (unpaired) electrons. The van der Waals surface area contributed by atoms with Gasteiger partial charge in [0.25, 0.3) is 0 Å². The van der Waals surface area contributed by atoms with E-state index in [-0.39, 0.29) is 11.7 Å². The molecule has 0 amide bonds. The molecule has 2 heteroatoms. The maximum Gasteiger partial charge on any atom is 0.0897 e. The first-order chi connectivity index (χ1) is 6.24. The van der Waals surface area contributed by atoms with E-state index in [9.17, 15) is 5.11 Å². The van der Waals surface area contributed by atoms with Gasteiger partial charge in [0.1, 0.15) is 0 Å². The SMILES string of the molecule is C=C(O)C(CN)Cc1ccccc1. The average Bonchev–Trinajstić information content (AvgIpc) is 2.15. The maximum atomic E-state index is 9.20. The first kappa shape index (κ1) is 9.81. The number of benzene rings is 1. The first-order valence-corrected chi connectivity index (χ1v) is 4.35. The third-order valence-corrected chi connectivity index (χ3v) is 2.08. The number of hydrogen-bond donors (Lipinski definition) is 2. The molecular formula is C11H15NO. The predicted octanol–water partition coefficient (Wildman–Crippen LogP) is 1.88. The second kappa shape index (κ2) is 4.67. The second-order valence-electron chi connectivity index (χ2n) is 3.11.